The summed E-state index contributed by atoms with van der Waals surface area (Å²) in [6.45, 7) is 5.33. The van der Waals surface area contributed by atoms with Crippen molar-refractivity contribution < 1.29 is 33.6 Å². The molecule has 2 fully saturated rings. The first-order valence-electron chi connectivity index (χ1n) is 23.3. The number of fused-ring (bicyclic) bond motifs is 1. The summed E-state index contributed by atoms with van der Waals surface area (Å²) in [6.07, 6.45) is 8.00. The fraction of sp³-hybridized carbons (Fsp3) is 0.551. The number of ketones is 2. The minimum Gasteiger partial charge on any atom is -0.370 e. The van der Waals surface area contributed by atoms with Gasteiger partial charge in [0.2, 0.25) is 29.5 Å². The number of carbonyl (C=O) groups is 7. The number of Topliss-reactive ketones (excluding diaryl/α,β-unsaturated/α-hetero) is 2. The molecular weight excluding hydrogens is 827 g/mol. The van der Waals surface area contributed by atoms with Crippen molar-refractivity contribution in [3.63, 3.8) is 0 Å². The standard InChI is InChI=1S/C49H69N9O7/c1-30(2)37-28-44(61)39(56-47(64)41(55-31(3)59)24-32-14-6-4-7-15-32)21-13-22-52-45(62)34(18-12-23-53-49(50)51)27-43(60)40(26-35-29-54-38-20-11-10-19-36(35)38)57-48(65)42(58-46(37)63)25-33-16-8-5-9-17-33/h4,6-7,10-11,14-15,19-20,29-30,33-34,37,39-42,54H,5,8-9,12-13,16-18,21-28H2,1-3H3,(H,52,62)(H,55,59)(H,56,64)(H,57,65)(H,58,63)(H4,50,51,53)/t34-,37+,39+,40+,41+,42-/m1/s1. The molecule has 16 heteroatoms. The maximum absolute atomic E-state index is 14.6. The molecule has 352 valence electrons. The SMILES string of the molecule is CC(=O)N[C@@H](Cc1ccccc1)C(=O)N[C@H]1CCCNC(=O)[C@H](CCCN=C(N)N)CC(=O)[C@H](Cc2c[nH]c3ccccc23)NC(=O)[C@@H](CC2CCCCC2)NC(=O)[C@H](C(C)C)CC1=O. The zero-order valence-electron chi connectivity index (χ0n) is 38.2. The summed E-state index contributed by atoms with van der Waals surface area (Å²) < 4.78 is 0. The molecule has 10 N–H and O–H groups in total. The van der Waals surface area contributed by atoms with E-state index in [4.69, 9.17) is 11.5 Å². The van der Waals surface area contributed by atoms with Gasteiger partial charge < -0.3 is 43.0 Å². The average Bonchev–Trinajstić information content (AvgIpc) is 3.69. The second-order valence-electron chi connectivity index (χ2n) is 18.2. The predicted octanol–water partition coefficient (Wildman–Crippen LogP) is 3.65. The van der Waals surface area contributed by atoms with Gasteiger partial charge in [-0.15, -0.1) is 0 Å². The number of guanidine groups is 1. The second-order valence-corrected chi connectivity index (χ2v) is 18.2. The molecule has 2 aliphatic rings. The number of carbonyl (C=O) groups excluding carboxylic acids is 7. The Morgan fingerprint density at radius 2 is 1.52 bits per heavy atom. The molecule has 1 saturated carbocycles. The molecule has 16 nitrogen and oxygen atoms in total. The van der Waals surface area contributed by atoms with E-state index in [1.807, 2.05) is 74.6 Å². The van der Waals surface area contributed by atoms with E-state index in [1.165, 1.54) is 6.92 Å². The summed E-state index contributed by atoms with van der Waals surface area (Å²) >= 11 is 0. The van der Waals surface area contributed by atoms with Crippen LogP contribution in [0.5, 0.6) is 0 Å². The van der Waals surface area contributed by atoms with Gasteiger partial charge >= 0.3 is 0 Å². The Bertz CT molecular complexity index is 2130. The zero-order valence-corrected chi connectivity index (χ0v) is 38.2. The van der Waals surface area contributed by atoms with Crippen molar-refractivity contribution in [2.75, 3.05) is 13.1 Å². The van der Waals surface area contributed by atoms with Crippen LogP contribution < -0.4 is 38.1 Å². The molecule has 0 bridgehead atoms. The largest absolute Gasteiger partial charge is 0.370 e. The van der Waals surface area contributed by atoms with Gasteiger partial charge in [-0.05, 0) is 61.1 Å². The van der Waals surface area contributed by atoms with Gasteiger partial charge in [0.15, 0.2) is 17.5 Å². The monoisotopic (exact) mass is 896 g/mol. The van der Waals surface area contributed by atoms with Crippen LogP contribution in [0.25, 0.3) is 10.9 Å². The molecule has 5 amide bonds. The highest BCUT2D eigenvalue weighted by Gasteiger charge is 2.36. The van der Waals surface area contributed by atoms with E-state index in [2.05, 4.69) is 36.6 Å². The first-order chi connectivity index (χ1) is 31.2. The molecule has 1 aliphatic carbocycles. The van der Waals surface area contributed by atoms with Gasteiger partial charge in [0.05, 0.1) is 12.1 Å². The van der Waals surface area contributed by atoms with Crippen molar-refractivity contribution >= 4 is 58.0 Å². The van der Waals surface area contributed by atoms with Crippen LogP contribution in [0.15, 0.2) is 65.8 Å². The van der Waals surface area contributed by atoms with Crippen molar-refractivity contribution in [3.8, 4) is 0 Å². The van der Waals surface area contributed by atoms with E-state index in [-0.39, 0.29) is 87.5 Å². The van der Waals surface area contributed by atoms with Crippen molar-refractivity contribution in [1.82, 2.24) is 31.6 Å². The highest BCUT2D eigenvalue weighted by Crippen LogP contribution is 2.29. The minimum atomic E-state index is -1.07. The van der Waals surface area contributed by atoms with Crippen LogP contribution in [0.1, 0.15) is 109 Å². The van der Waals surface area contributed by atoms with Gasteiger partial charge in [-0.25, -0.2) is 0 Å². The van der Waals surface area contributed by atoms with Crippen molar-refractivity contribution in [3.05, 3.63) is 71.9 Å². The number of aromatic amines is 1. The quantitative estimate of drug-likeness (QED) is 0.0667. The van der Waals surface area contributed by atoms with Crippen LogP contribution in [-0.4, -0.2) is 89.3 Å². The first-order valence-corrected chi connectivity index (χ1v) is 23.3. The summed E-state index contributed by atoms with van der Waals surface area (Å²) in [5.41, 5.74) is 13.6. The van der Waals surface area contributed by atoms with Crippen molar-refractivity contribution in [2.45, 2.75) is 135 Å². The Morgan fingerprint density at radius 1 is 0.815 bits per heavy atom. The topological polar surface area (TPSA) is 260 Å². The van der Waals surface area contributed by atoms with E-state index in [0.717, 1.165) is 54.1 Å². The molecule has 1 aliphatic heterocycles. The molecule has 65 heavy (non-hydrogen) atoms. The molecule has 5 rings (SSSR count). The van der Waals surface area contributed by atoms with Crippen LogP contribution in [0.3, 0.4) is 0 Å². The molecule has 1 aromatic heterocycles. The third-order valence-corrected chi connectivity index (χ3v) is 12.8. The number of nitrogens with zero attached hydrogens (tertiary/aromatic N) is 1. The number of aromatic nitrogens is 1. The summed E-state index contributed by atoms with van der Waals surface area (Å²) in [5.74, 6) is -5.02. The molecule has 1 saturated heterocycles. The average molecular weight is 896 g/mol. The predicted molar refractivity (Wildman–Crippen MR) is 250 cm³/mol. The number of hydrogen-bond acceptors (Lipinski definition) is 8. The number of nitrogens with one attached hydrogen (secondary N) is 6. The third-order valence-electron chi connectivity index (χ3n) is 12.8. The van der Waals surface area contributed by atoms with Gasteiger partial charge in [0.25, 0.3) is 0 Å². The molecule has 0 spiro atoms. The van der Waals surface area contributed by atoms with Crippen molar-refractivity contribution in [1.29, 1.82) is 0 Å². The Kier molecular flexibility index (Phi) is 19.1. The van der Waals surface area contributed by atoms with Crippen LogP contribution in [-0.2, 0) is 46.4 Å². The molecule has 0 radical (unpaired) electrons. The van der Waals surface area contributed by atoms with E-state index in [0.29, 0.717) is 12.8 Å². The molecule has 2 heterocycles. The summed E-state index contributed by atoms with van der Waals surface area (Å²) in [7, 11) is 0. The summed E-state index contributed by atoms with van der Waals surface area (Å²) in [4.78, 5) is 106. The Morgan fingerprint density at radius 3 is 2.23 bits per heavy atom. The molecular formula is C49H69N9O7. The minimum absolute atomic E-state index is 0.0917. The lowest BCUT2D eigenvalue weighted by Gasteiger charge is -2.30. The van der Waals surface area contributed by atoms with Gasteiger partial charge in [-0.2, -0.15) is 0 Å². The van der Waals surface area contributed by atoms with E-state index < -0.39 is 65.4 Å². The smallest absolute Gasteiger partial charge is 0.243 e. The van der Waals surface area contributed by atoms with Crippen LogP contribution in [0.4, 0.5) is 0 Å². The van der Waals surface area contributed by atoms with E-state index in [9.17, 15) is 33.6 Å². The highest BCUT2D eigenvalue weighted by atomic mass is 16.2. The van der Waals surface area contributed by atoms with Gasteiger partial charge in [0, 0.05) is 74.6 Å². The number of benzene rings is 2. The second kappa shape index (κ2) is 24.9. The lowest BCUT2D eigenvalue weighted by Crippen LogP contribution is -2.55. The Balaban J connectivity index is 1.48. The van der Waals surface area contributed by atoms with Gasteiger partial charge in [-0.3, -0.25) is 38.6 Å². The first kappa shape index (κ1) is 49.9. The fourth-order valence-corrected chi connectivity index (χ4v) is 9.10. The number of amides is 5. The number of hydrogen-bond donors (Lipinski definition) is 8. The van der Waals surface area contributed by atoms with E-state index in [1.54, 1.807) is 0 Å². The van der Waals surface area contributed by atoms with Gasteiger partial charge in [-0.1, -0.05) is 94.5 Å². The molecule has 2 aromatic carbocycles. The lowest BCUT2D eigenvalue weighted by molar-refractivity contribution is -0.136. The van der Waals surface area contributed by atoms with Crippen molar-refractivity contribution in [2.24, 2.45) is 40.1 Å². The maximum atomic E-state index is 14.6. The Hall–Kier alpha value is -6.06. The number of para-hydroxylation sites is 1. The fourth-order valence-electron chi connectivity index (χ4n) is 9.10. The number of H-pyrrole nitrogens is 1. The molecule has 0 unspecified atom stereocenters. The summed E-state index contributed by atoms with van der Waals surface area (Å²) in [6, 6.07) is 12.8. The lowest BCUT2D eigenvalue weighted by atomic mass is 9.83. The molecule has 3 aromatic rings. The van der Waals surface area contributed by atoms with E-state index >= 15 is 0 Å². The molecule has 6 atom stereocenters. The number of nitrogens with two attached hydrogens (primary N) is 2. The normalized spacial score (nSPS) is 22.8. The van der Waals surface area contributed by atoms with Crippen LogP contribution in [0, 0.1) is 23.7 Å². The van der Waals surface area contributed by atoms with Crippen LogP contribution in [0.2, 0.25) is 0 Å². The summed E-state index contributed by atoms with van der Waals surface area (Å²) in [5, 5.41) is 15.5. The third kappa shape index (κ3) is 15.6. The highest BCUT2D eigenvalue weighted by molar-refractivity contribution is 5.97. The van der Waals surface area contributed by atoms with Crippen LogP contribution >= 0.6 is 0 Å². The number of aliphatic imine (C=N–C) groups is 1. The Labute approximate surface area is 382 Å². The van der Waals surface area contributed by atoms with Gasteiger partial charge in [0.1, 0.15) is 12.1 Å². The number of rotatable bonds is 14. The zero-order chi connectivity index (χ0) is 46.9. The maximum Gasteiger partial charge on any atom is 0.243 e.